The lowest BCUT2D eigenvalue weighted by atomic mass is 10.2. The zero-order chi connectivity index (χ0) is 9.84. The quantitative estimate of drug-likeness (QED) is 0.732. The molecular weight excluding hydrogens is 172 g/mol. The Morgan fingerprint density at radius 2 is 2.54 bits per heavy atom. The predicted molar refractivity (Wildman–Crippen MR) is 45.4 cm³/mol. The summed E-state index contributed by atoms with van der Waals surface area (Å²) in [4.78, 5) is 14.7. The summed E-state index contributed by atoms with van der Waals surface area (Å²) in [5, 5.41) is 11.5. The van der Waals surface area contributed by atoms with Crippen molar-refractivity contribution in [2.24, 2.45) is 0 Å². The van der Waals surface area contributed by atoms with Crippen LogP contribution < -0.4 is 5.32 Å². The minimum Gasteiger partial charge on any atom is -0.491 e. The molecular formula is C8H12N2O3. The van der Waals surface area contributed by atoms with Crippen LogP contribution in [-0.4, -0.2) is 22.0 Å². The summed E-state index contributed by atoms with van der Waals surface area (Å²) in [7, 11) is 0. The third-order valence-electron chi connectivity index (χ3n) is 1.68. The fraction of sp³-hybridized carbons (Fsp3) is 0.500. The first kappa shape index (κ1) is 9.57. The van der Waals surface area contributed by atoms with Crippen LogP contribution in [0, 0.1) is 0 Å². The number of oxazole rings is 1. The number of hydrogen-bond donors (Lipinski definition) is 2. The third kappa shape index (κ3) is 2.47. The molecule has 72 valence electrons. The Morgan fingerprint density at radius 1 is 1.85 bits per heavy atom. The second kappa shape index (κ2) is 3.93. The smallest absolute Gasteiger partial charge is 0.307 e. The van der Waals surface area contributed by atoms with Gasteiger partial charge in [-0.1, -0.05) is 6.92 Å². The number of nitrogens with one attached hydrogen (secondary N) is 1. The van der Waals surface area contributed by atoms with E-state index in [1.807, 2.05) is 13.8 Å². The average Bonchev–Trinajstić information content (AvgIpc) is 2.51. The lowest BCUT2D eigenvalue weighted by Crippen LogP contribution is -2.32. The van der Waals surface area contributed by atoms with Crippen LogP contribution in [-0.2, 0) is 0 Å². The Labute approximate surface area is 75.8 Å². The highest BCUT2D eigenvalue weighted by molar-refractivity contribution is 5.89. The molecule has 1 amide bonds. The molecule has 0 aliphatic heterocycles. The van der Waals surface area contributed by atoms with Crippen molar-refractivity contribution in [3.63, 3.8) is 0 Å². The Hall–Kier alpha value is -1.52. The highest BCUT2D eigenvalue weighted by Crippen LogP contribution is 2.07. The number of amides is 1. The van der Waals surface area contributed by atoms with Crippen LogP contribution in [0.1, 0.15) is 31.0 Å². The molecule has 1 aromatic rings. The van der Waals surface area contributed by atoms with Gasteiger partial charge in [-0.2, -0.15) is 4.98 Å². The Kier molecular flexibility index (Phi) is 2.89. The van der Waals surface area contributed by atoms with Gasteiger partial charge in [0.05, 0.1) is 0 Å². The van der Waals surface area contributed by atoms with E-state index in [0.717, 1.165) is 12.7 Å². The summed E-state index contributed by atoms with van der Waals surface area (Å²) in [6, 6.07) is 0.0709. The first-order chi connectivity index (χ1) is 6.13. The van der Waals surface area contributed by atoms with E-state index in [-0.39, 0.29) is 17.8 Å². The van der Waals surface area contributed by atoms with Crippen molar-refractivity contribution in [3.8, 4) is 5.88 Å². The molecule has 5 heteroatoms. The van der Waals surface area contributed by atoms with Crippen LogP contribution in [0.5, 0.6) is 5.88 Å². The van der Waals surface area contributed by atoms with Gasteiger partial charge in [0.15, 0.2) is 6.26 Å². The Bertz CT molecular complexity index is 295. The van der Waals surface area contributed by atoms with E-state index in [0.29, 0.717) is 0 Å². The van der Waals surface area contributed by atoms with E-state index >= 15 is 0 Å². The summed E-state index contributed by atoms with van der Waals surface area (Å²) >= 11 is 0. The zero-order valence-electron chi connectivity index (χ0n) is 7.57. The topological polar surface area (TPSA) is 75.4 Å². The van der Waals surface area contributed by atoms with Gasteiger partial charge < -0.3 is 14.8 Å². The van der Waals surface area contributed by atoms with Gasteiger partial charge in [-0.3, -0.25) is 4.79 Å². The molecule has 0 aliphatic carbocycles. The standard InChI is InChI=1S/C8H12N2O3/c1-3-5(2)9-7(12)8-10-6(11)4-13-8/h4-5,11H,3H2,1-2H3,(H,9,12). The molecule has 0 bridgehead atoms. The van der Waals surface area contributed by atoms with E-state index in [1.165, 1.54) is 0 Å². The summed E-state index contributed by atoms with van der Waals surface area (Å²) in [5.41, 5.74) is 0. The molecule has 0 saturated heterocycles. The highest BCUT2D eigenvalue weighted by Gasteiger charge is 2.14. The van der Waals surface area contributed by atoms with Gasteiger partial charge in [-0.25, -0.2) is 0 Å². The summed E-state index contributed by atoms with van der Waals surface area (Å²) in [5.74, 6) is -0.804. The molecule has 13 heavy (non-hydrogen) atoms. The fourth-order valence-corrected chi connectivity index (χ4v) is 0.757. The van der Waals surface area contributed by atoms with Crippen LogP contribution >= 0.6 is 0 Å². The van der Waals surface area contributed by atoms with E-state index < -0.39 is 5.91 Å². The molecule has 1 rings (SSSR count). The molecule has 2 N–H and O–H groups in total. The molecule has 1 atom stereocenters. The minimum absolute atomic E-state index is 0.0709. The second-order valence-electron chi connectivity index (χ2n) is 2.79. The fourth-order valence-electron chi connectivity index (χ4n) is 0.757. The van der Waals surface area contributed by atoms with Crippen molar-refractivity contribution >= 4 is 5.91 Å². The lowest BCUT2D eigenvalue weighted by molar-refractivity contribution is 0.0904. The van der Waals surface area contributed by atoms with Gasteiger partial charge in [0.2, 0.25) is 0 Å². The van der Waals surface area contributed by atoms with Crippen molar-refractivity contribution in [1.29, 1.82) is 0 Å². The summed E-state index contributed by atoms with van der Waals surface area (Å²) in [6.45, 7) is 3.83. The van der Waals surface area contributed by atoms with Gasteiger partial charge >= 0.3 is 5.91 Å². The predicted octanol–water partition coefficient (Wildman–Crippen LogP) is 0.909. The van der Waals surface area contributed by atoms with Gasteiger partial charge in [0.25, 0.3) is 11.8 Å². The highest BCUT2D eigenvalue weighted by atomic mass is 16.4. The van der Waals surface area contributed by atoms with Gasteiger partial charge in [-0.05, 0) is 13.3 Å². The van der Waals surface area contributed by atoms with Crippen LogP contribution in [0.15, 0.2) is 10.7 Å². The first-order valence-electron chi connectivity index (χ1n) is 4.08. The van der Waals surface area contributed by atoms with Crippen LogP contribution in [0.2, 0.25) is 0 Å². The van der Waals surface area contributed by atoms with Gasteiger partial charge in [0.1, 0.15) is 0 Å². The van der Waals surface area contributed by atoms with Crippen molar-refractivity contribution in [3.05, 3.63) is 12.2 Å². The molecule has 0 saturated carbocycles. The van der Waals surface area contributed by atoms with Crippen molar-refractivity contribution in [2.45, 2.75) is 26.3 Å². The monoisotopic (exact) mass is 184 g/mol. The lowest BCUT2D eigenvalue weighted by Gasteiger charge is -2.08. The van der Waals surface area contributed by atoms with Crippen LogP contribution in [0.4, 0.5) is 0 Å². The van der Waals surface area contributed by atoms with E-state index in [9.17, 15) is 4.79 Å². The van der Waals surface area contributed by atoms with Crippen LogP contribution in [0.3, 0.4) is 0 Å². The molecule has 1 aromatic heterocycles. The number of aromatic nitrogens is 1. The molecule has 0 spiro atoms. The normalized spacial score (nSPS) is 12.5. The van der Waals surface area contributed by atoms with E-state index in [4.69, 9.17) is 9.52 Å². The van der Waals surface area contributed by atoms with Crippen molar-refractivity contribution < 1.29 is 14.3 Å². The number of rotatable bonds is 3. The van der Waals surface area contributed by atoms with Crippen molar-refractivity contribution in [1.82, 2.24) is 10.3 Å². The van der Waals surface area contributed by atoms with Gasteiger partial charge in [0, 0.05) is 6.04 Å². The number of nitrogens with zero attached hydrogens (tertiary/aromatic N) is 1. The summed E-state index contributed by atoms with van der Waals surface area (Å²) < 4.78 is 4.70. The second-order valence-corrected chi connectivity index (χ2v) is 2.79. The minimum atomic E-state index is -0.408. The Balaban J connectivity index is 2.58. The molecule has 0 aliphatic rings. The average molecular weight is 184 g/mol. The van der Waals surface area contributed by atoms with Crippen LogP contribution in [0.25, 0.3) is 0 Å². The largest absolute Gasteiger partial charge is 0.491 e. The SMILES string of the molecule is CCC(C)NC(=O)c1nc(O)co1. The summed E-state index contributed by atoms with van der Waals surface area (Å²) in [6.07, 6.45) is 1.85. The van der Waals surface area contributed by atoms with E-state index in [1.54, 1.807) is 0 Å². The molecule has 0 radical (unpaired) electrons. The maximum atomic E-state index is 11.2. The van der Waals surface area contributed by atoms with E-state index in [2.05, 4.69) is 10.3 Å². The zero-order valence-corrected chi connectivity index (χ0v) is 7.57. The molecule has 0 aromatic carbocycles. The number of aromatic hydroxyl groups is 1. The number of carbonyl (C=O) groups is 1. The maximum absolute atomic E-state index is 11.2. The molecule has 0 fully saturated rings. The van der Waals surface area contributed by atoms with Crippen molar-refractivity contribution in [2.75, 3.05) is 0 Å². The van der Waals surface area contributed by atoms with Gasteiger partial charge in [-0.15, -0.1) is 0 Å². The maximum Gasteiger partial charge on any atom is 0.307 e. The molecule has 1 unspecified atom stereocenters. The Morgan fingerprint density at radius 3 is 3.00 bits per heavy atom. The number of carbonyl (C=O) groups excluding carboxylic acids is 1. The molecule has 5 nitrogen and oxygen atoms in total. The first-order valence-corrected chi connectivity index (χ1v) is 4.08. The third-order valence-corrected chi connectivity index (χ3v) is 1.68. The molecule has 1 heterocycles. The number of hydrogen-bond acceptors (Lipinski definition) is 4.